The number of carbonyl (C=O) groups excluding carboxylic acids is 1. The Labute approximate surface area is 106 Å². The predicted molar refractivity (Wildman–Crippen MR) is 69.1 cm³/mol. The van der Waals surface area contributed by atoms with Gasteiger partial charge in [0.15, 0.2) is 0 Å². The van der Waals surface area contributed by atoms with Gasteiger partial charge in [0.1, 0.15) is 6.54 Å². The summed E-state index contributed by atoms with van der Waals surface area (Å²) in [7, 11) is 0. The zero-order chi connectivity index (χ0) is 13.5. The van der Waals surface area contributed by atoms with Crippen molar-refractivity contribution in [3.63, 3.8) is 0 Å². The van der Waals surface area contributed by atoms with Gasteiger partial charge in [-0.25, -0.2) is 0 Å². The van der Waals surface area contributed by atoms with Crippen LogP contribution >= 0.6 is 0 Å². The fraction of sp³-hybridized carbons (Fsp3) is 0.385. The van der Waals surface area contributed by atoms with Gasteiger partial charge in [-0.05, 0) is 24.1 Å². The number of aliphatic carboxylic acids is 1. The van der Waals surface area contributed by atoms with E-state index in [1.165, 1.54) is 4.90 Å². The van der Waals surface area contributed by atoms with Gasteiger partial charge >= 0.3 is 5.97 Å². The summed E-state index contributed by atoms with van der Waals surface area (Å²) in [6, 6.07) is 7.00. The highest BCUT2D eigenvalue weighted by molar-refractivity contribution is 5.83. The maximum Gasteiger partial charge on any atom is 0.323 e. The number of carboxylic acids is 1. The monoisotopic (exact) mass is 250 g/mol. The number of carboxylic acid groups (broad SMARTS) is 1. The molecule has 0 aliphatic heterocycles. The molecule has 0 heterocycles. The lowest BCUT2D eigenvalue weighted by Crippen LogP contribution is -2.37. The molecule has 0 bridgehead atoms. The standard InChI is InChI=1S/C13H18N2O3/c1-2-7-15(9-13(17)18)12(16)8-10-3-5-11(14)6-4-10/h3-6H,2,7-9,14H2,1H3,(H,17,18). The van der Waals surface area contributed by atoms with E-state index in [2.05, 4.69) is 0 Å². The largest absolute Gasteiger partial charge is 0.480 e. The molecule has 1 amide bonds. The number of nitrogens with zero attached hydrogens (tertiary/aromatic N) is 1. The second-order valence-electron chi connectivity index (χ2n) is 4.13. The Morgan fingerprint density at radius 2 is 1.89 bits per heavy atom. The van der Waals surface area contributed by atoms with Crippen molar-refractivity contribution in [1.82, 2.24) is 4.90 Å². The van der Waals surface area contributed by atoms with Crippen molar-refractivity contribution >= 4 is 17.6 Å². The van der Waals surface area contributed by atoms with E-state index in [1.54, 1.807) is 24.3 Å². The van der Waals surface area contributed by atoms with Gasteiger partial charge in [-0.2, -0.15) is 0 Å². The van der Waals surface area contributed by atoms with Gasteiger partial charge in [-0.1, -0.05) is 19.1 Å². The summed E-state index contributed by atoms with van der Waals surface area (Å²) >= 11 is 0. The lowest BCUT2D eigenvalue weighted by atomic mass is 10.1. The van der Waals surface area contributed by atoms with E-state index >= 15 is 0 Å². The first-order valence-corrected chi connectivity index (χ1v) is 5.87. The molecule has 0 fully saturated rings. The maximum absolute atomic E-state index is 12.0. The molecule has 18 heavy (non-hydrogen) atoms. The van der Waals surface area contributed by atoms with Crippen LogP contribution in [0.25, 0.3) is 0 Å². The van der Waals surface area contributed by atoms with Crippen molar-refractivity contribution in [2.24, 2.45) is 0 Å². The highest BCUT2D eigenvalue weighted by atomic mass is 16.4. The minimum atomic E-state index is -0.992. The third-order valence-corrected chi connectivity index (χ3v) is 2.51. The Kier molecular flexibility index (Phi) is 5.17. The Morgan fingerprint density at radius 3 is 2.39 bits per heavy atom. The zero-order valence-electron chi connectivity index (χ0n) is 10.4. The smallest absolute Gasteiger partial charge is 0.323 e. The number of hydrogen-bond donors (Lipinski definition) is 2. The van der Waals surface area contributed by atoms with E-state index in [-0.39, 0.29) is 18.9 Å². The Hall–Kier alpha value is -2.04. The molecular formula is C13H18N2O3. The summed E-state index contributed by atoms with van der Waals surface area (Å²) in [6.07, 6.45) is 0.939. The highest BCUT2D eigenvalue weighted by Gasteiger charge is 2.15. The third-order valence-electron chi connectivity index (χ3n) is 2.51. The minimum absolute atomic E-state index is 0.177. The van der Waals surface area contributed by atoms with Crippen LogP contribution in [0.3, 0.4) is 0 Å². The normalized spacial score (nSPS) is 10.1. The van der Waals surface area contributed by atoms with Crippen LogP contribution in [-0.2, 0) is 16.0 Å². The number of carbonyl (C=O) groups is 2. The Balaban J connectivity index is 2.65. The topological polar surface area (TPSA) is 83.6 Å². The fourth-order valence-electron chi connectivity index (χ4n) is 1.65. The molecule has 0 aliphatic carbocycles. The lowest BCUT2D eigenvalue weighted by molar-refractivity contribution is -0.144. The molecule has 0 saturated carbocycles. The van der Waals surface area contributed by atoms with Crippen LogP contribution in [0.2, 0.25) is 0 Å². The molecule has 0 saturated heterocycles. The Bertz CT molecular complexity index is 415. The number of nitrogen functional groups attached to an aromatic ring is 1. The average Bonchev–Trinajstić information content (AvgIpc) is 2.31. The molecule has 0 aliphatic rings. The molecule has 5 nitrogen and oxygen atoms in total. The van der Waals surface area contributed by atoms with Crippen LogP contribution in [0.5, 0.6) is 0 Å². The van der Waals surface area contributed by atoms with Crippen LogP contribution in [-0.4, -0.2) is 35.0 Å². The second-order valence-corrected chi connectivity index (χ2v) is 4.13. The van der Waals surface area contributed by atoms with Crippen molar-refractivity contribution in [2.45, 2.75) is 19.8 Å². The first-order chi connectivity index (χ1) is 8.52. The summed E-state index contributed by atoms with van der Waals surface area (Å²) in [5.74, 6) is -1.17. The summed E-state index contributed by atoms with van der Waals surface area (Å²) in [5.41, 5.74) is 7.03. The van der Waals surface area contributed by atoms with Crippen LogP contribution < -0.4 is 5.73 Å². The molecule has 3 N–H and O–H groups in total. The lowest BCUT2D eigenvalue weighted by Gasteiger charge is -2.19. The fourth-order valence-corrected chi connectivity index (χ4v) is 1.65. The molecule has 98 valence electrons. The summed E-state index contributed by atoms with van der Waals surface area (Å²) in [5, 5.41) is 8.75. The molecule has 1 aromatic rings. The van der Waals surface area contributed by atoms with Crippen molar-refractivity contribution < 1.29 is 14.7 Å². The molecule has 0 spiro atoms. The first kappa shape index (κ1) is 14.0. The number of hydrogen-bond acceptors (Lipinski definition) is 3. The second kappa shape index (κ2) is 6.64. The number of amides is 1. The number of rotatable bonds is 6. The quantitative estimate of drug-likeness (QED) is 0.741. The summed E-state index contributed by atoms with van der Waals surface area (Å²) in [6.45, 7) is 2.12. The summed E-state index contributed by atoms with van der Waals surface area (Å²) < 4.78 is 0. The molecule has 0 aromatic heterocycles. The molecule has 0 atom stereocenters. The predicted octanol–water partition coefficient (Wildman–Crippen LogP) is 1.13. The average molecular weight is 250 g/mol. The van der Waals surface area contributed by atoms with Crippen LogP contribution in [0.15, 0.2) is 24.3 Å². The maximum atomic E-state index is 12.0. The van der Waals surface area contributed by atoms with Gasteiger partial charge < -0.3 is 15.7 Å². The van der Waals surface area contributed by atoms with Gasteiger partial charge in [-0.15, -0.1) is 0 Å². The van der Waals surface area contributed by atoms with Crippen LogP contribution in [0.4, 0.5) is 5.69 Å². The zero-order valence-corrected chi connectivity index (χ0v) is 10.4. The number of anilines is 1. The van der Waals surface area contributed by atoms with Gasteiger partial charge in [0.25, 0.3) is 0 Å². The van der Waals surface area contributed by atoms with E-state index in [0.717, 1.165) is 12.0 Å². The number of benzene rings is 1. The summed E-state index contributed by atoms with van der Waals surface area (Å²) in [4.78, 5) is 24.0. The van der Waals surface area contributed by atoms with E-state index in [0.29, 0.717) is 12.2 Å². The Morgan fingerprint density at radius 1 is 1.28 bits per heavy atom. The van der Waals surface area contributed by atoms with Crippen molar-refractivity contribution in [3.05, 3.63) is 29.8 Å². The van der Waals surface area contributed by atoms with Gasteiger partial charge in [0, 0.05) is 12.2 Å². The first-order valence-electron chi connectivity index (χ1n) is 5.87. The van der Waals surface area contributed by atoms with E-state index in [1.807, 2.05) is 6.92 Å². The molecular weight excluding hydrogens is 232 g/mol. The van der Waals surface area contributed by atoms with Gasteiger partial charge in [0.2, 0.25) is 5.91 Å². The molecule has 0 unspecified atom stereocenters. The van der Waals surface area contributed by atoms with Crippen LogP contribution in [0.1, 0.15) is 18.9 Å². The van der Waals surface area contributed by atoms with Crippen molar-refractivity contribution in [1.29, 1.82) is 0 Å². The molecule has 1 rings (SSSR count). The molecule has 1 aromatic carbocycles. The van der Waals surface area contributed by atoms with Crippen LogP contribution in [0, 0.1) is 0 Å². The van der Waals surface area contributed by atoms with Gasteiger partial charge in [0.05, 0.1) is 6.42 Å². The van der Waals surface area contributed by atoms with E-state index < -0.39 is 5.97 Å². The molecule has 0 radical (unpaired) electrons. The van der Waals surface area contributed by atoms with Crippen molar-refractivity contribution in [2.75, 3.05) is 18.8 Å². The minimum Gasteiger partial charge on any atom is -0.480 e. The van der Waals surface area contributed by atoms with Gasteiger partial charge in [-0.3, -0.25) is 9.59 Å². The number of nitrogens with two attached hydrogens (primary N) is 1. The highest BCUT2D eigenvalue weighted by Crippen LogP contribution is 2.08. The van der Waals surface area contributed by atoms with E-state index in [9.17, 15) is 9.59 Å². The third kappa shape index (κ3) is 4.45. The van der Waals surface area contributed by atoms with Crippen molar-refractivity contribution in [3.8, 4) is 0 Å². The van der Waals surface area contributed by atoms with E-state index in [4.69, 9.17) is 10.8 Å². The molecule has 5 heteroatoms. The SMILES string of the molecule is CCCN(CC(=O)O)C(=O)Cc1ccc(N)cc1.